The van der Waals surface area contributed by atoms with Gasteiger partial charge in [-0.15, -0.1) is 0 Å². The molecule has 0 aromatic heterocycles. The van der Waals surface area contributed by atoms with Crippen LogP contribution in [0.25, 0.3) is 10.8 Å². The van der Waals surface area contributed by atoms with E-state index in [4.69, 9.17) is 4.74 Å². The third kappa shape index (κ3) is 5.07. The van der Waals surface area contributed by atoms with Gasteiger partial charge in [-0.1, -0.05) is 12.1 Å². The Bertz CT molecular complexity index is 1090. The molecule has 32 heavy (non-hydrogen) atoms. The van der Waals surface area contributed by atoms with Crippen LogP contribution in [0.4, 0.5) is 8.78 Å². The van der Waals surface area contributed by atoms with Gasteiger partial charge in [-0.05, 0) is 92.7 Å². The third-order valence-electron chi connectivity index (χ3n) is 6.14. The van der Waals surface area contributed by atoms with E-state index in [-0.39, 0.29) is 17.5 Å². The molecule has 4 nitrogen and oxygen atoms in total. The largest absolute Gasteiger partial charge is 0.457 e. The maximum atomic E-state index is 13.4. The van der Waals surface area contributed by atoms with Gasteiger partial charge in [0.25, 0.3) is 11.8 Å². The predicted octanol–water partition coefficient (Wildman–Crippen LogP) is 5.86. The van der Waals surface area contributed by atoms with Gasteiger partial charge >= 0.3 is 0 Å². The molecular formula is C26H28F2N2O2. The maximum absolute atomic E-state index is 13.4. The van der Waals surface area contributed by atoms with Gasteiger partial charge in [0.05, 0.1) is 0 Å². The molecule has 6 heteroatoms. The monoisotopic (exact) mass is 438 g/mol. The smallest absolute Gasteiger partial charge is 0.270 e. The number of hydrogen-bond donors (Lipinski definition) is 2. The van der Waals surface area contributed by atoms with E-state index < -0.39 is 5.92 Å². The summed E-state index contributed by atoms with van der Waals surface area (Å²) >= 11 is 0. The van der Waals surface area contributed by atoms with Crippen molar-refractivity contribution < 1.29 is 18.3 Å². The maximum Gasteiger partial charge on any atom is 0.270 e. The molecule has 1 saturated heterocycles. The molecular weight excluding hydrogens is 410 g/mol. The van der Waals surface area contributed by atoms with Gasteiger partial charge < -0.3 is 15.4 Å². The molecule has 1 heterocycles. The third-order valence-corrected chi connectivity index (χ3v) is 6.14. The number of fused-ring (bicyclic) bond motifs is 1. The summed E-state index contributed by atoms with van der Waals surface area (Å²) in [5.41, 5.74) is 0.544. The Morgan fingerprint density at radius 1 is 1.09 bits per heavy atom. The van der Waals surface area contributed by atoms with Crippen LogP contribution in [0.15, 0.2) is 60.7 Å². The standard InChI is InChI=1S/C26H28F2N2O2/c1-17(18-12-14-29-15-13-18)30-25(31)20-6-11-23-19(16-20)4-3-5-24(23)32-22-9-7-21(8-10-22)26(2,27)28/h3-11,16-18,29H,12-15H2,1-2H3,(H,30,31)/t17-/m1/s1. The number of piperidine rings is 1. The van der Waals surface area contributed by atoms with Gasteiger partial charge in [0, 0.05) is 29.5 Å². The predicted molar refractivity (Wildman–Crippen MR) is 123 cm³/mol. The Morgan fingerprint density at radius 3 is 2.50 bits per heavy atom. The molecule has 0 bridgehead atoms. The fraction of sp³-hybridized carbons (Fsp3) is 0.346. The summed E-state index contributed by atoms with van der Waals surface area (Å²) in [6, 6.07) is 17.0. The number of ether oxygens (including phenoxy) is 1. The molecule has 0 radical (unpaired) electrons. The highest BCUT2D eigenvalue weighted by atomic mass is 19.3. The van der Waals surface area contributed by atoms with Crippen LogP contribution in [0.5, 0.6) is 11.5 Å². The summed E-state index contributed by atoms with van der Waals surface area (Å²) in [5, 5.41) is 8.22. The minimum absolute atomic E-state index is 0.0582. The van der Waals surface area contributed by atoms with Crippen molar-refractivity contribution in [3.8, 4) is 11.5 Å². The number of nitrogens with one attached hydrogen (secondary N) is 2. The van der Waals surface area contributed by atoms with Crippen LogP contribution in [0.2, 0.25) is 0 Å². The summed E-state index contributed by atoms with van der Waals surface area (Å²) < 4.78 is 32.8. The molecule has 1 fully saturated rings. The lowest BCUT2D eigenvalue weighted by atomic mass is 9.91. The van der Waals surface area contributed by atoms with Crippen LogP contribution in [0.3, 0.4) is 0 Å². The van der Waals surface area contributed by atoms with Crippen LogP contribution in [0.1, 0.15) is 42.6 Å². The molecule has 1 amide bonds. The highest BCUT2D eigenvalue weighted by Gasteiger charge is 2.24. The fourth-order valence-corrected chi connectivity index (χ4v) is 4.18. The molecule has 0 spiro atoms. The van der Waals surface area contributed by atoms with Crippen LogP contribution < -0.4 is 15.4 Å². The van der Waals surface area contributed by atoms with Crippen molar-refractivity contribution in [3.63, 3.8) is 0 Å². The topological polar surface area (TPSA) is 50.4 Å². The second-order valence-corrected chi connectivity index (χ2v) is 8.56. The number of amides is 1. The zero-order valence-corrected chi connectivity index (χ0v) is 18.3. The molecule has 2 N–H and O–H groups in total. The van der Waals surface area contributed by atoms with Crippen molar-refractivity contribution in [1.82, 2.24) is 10.6 Å². The van der Waals surface area contributed by atoms with Crippen LogP contribution in [-0.4, -0.2) is 25.0 Å². The van der Waals surface area contributed by atoms with E-state index in [2.05, 4.69) is 17.6 Å². The Hall–Kier alpha value is -2.99. The van der Waals surface area contributed by atoms with E-state index in [0.717, 1.165) is 43.6 Å². The van der Waals surface area contributed by atoms with E-state index in [1.165, 1.54) is 24.3 Å². The Morgan fingerprint density at radius 2 is 1.81 bits per heavy atom. The first-order valence-electron chi connectivity index (χ1n) is 11.0. The SMILES string of the molecule is C[C@@H](NC(=O)c1ccc2c(Oc3ccc(C(C)(F)F)cc3)cccc2c1)C1CCNCC1. The molecule has 1 atom stereocenters. The van der Waals surface area contributed by atoms with E-state index >= 15 is 0 Å². The van der Waals surface area contributed by atoms with E-state index in [1.54, 1.807) is 6.07 Å². The lowest BCUT2D eigenvalue weighted by molar-refractivity contribution is 0.0174. The lowest BCUT2D eigenvalue weighted by Crippen LogP contribution is -2.42. The highest BCUT2D eigenvalue weighted by Crippen LogP contribution is 2.33. The number of halogens is 2. The Balaban J connectivity index is 1.50. The Labute approximate surface area is 187 Å². The molecule has 1 aliphatic heterocycles. The quantitative estimate of drug-likeness (QED) is 0.507. The van der Waals surface area contributed by atoms with Crippen molar-refractivity contribution in [3.05, 3.63) is 71.8 Å². The Kier molecular flexibility index (Phi) is 6.42. The van der Waals surface area contributed by atoms with Crippen molar-refractivity contribution in [2.45, 2.75) is 38.7 Å². The molecule has 0 saturated carbocycles. The summed E-state index contributed by atoms with van der Waals surface area (Å²) in [6.07, 6.45) is 2.13. The van der Waals surface area contributed by atoms with Gasteiger partial charge in [-0.25, -0.2) is 8.78 Å². The first-order valence-corrected chi connectivity index (χ1v) is 11.0. The molecule has 4 rings (SSSR count). The number of rotatable bonds is 6. The summed E-state index contributed by atoms with van der Waals surface area (Å²) in [7, 11) is 0. The van der Waals surface area contributed by atoms with Gasteiger partial charge in [0.2, 0.25) is 0 Å². The molecule has 1 aliphatic rings. The number of carbonyl (C=O) groups is 1. The van der Waals surface area contributed by atoms with E-state index in [1.807, 2.05) is 30.3 Å². The molecule has 0 aliphatic carbocycles. The average molecular weight is 439 g/mol. The number of carbonyl (C=O) groups excluding carboxylic acids is 1. The second kappa shape index (κ2) is 9.25. The number of alkyl halides is 2. The van der Waals surface area contributed by atoms with Gasteiger partial charge in [-0.2, -0.15) is 0 Å². The zero-order chi connectivity index (χ0) is 22.7. The van der Waals surface area contributed by atoms with Crippen LogP contribution in [-0.2, 0) is 5.92 Å². The first-order chi connectivity index (χ1) is 15.3. The fourth-order valence-electron chi connectivity index (χ4n) is 4.18. The summed E-state index contributed by atoms with van der Waals surface area (Å²) in [5.74, 6) is -1.41. The first kappa shape index (κ1) is 22.2. The van der Waals surface area contributed by atoms with Crippen molar-refractivity contribution in [1.29, 1.82) is 0 Å². The normalized spacial score (nSPS) is 16.0. The van der Waals surface area contributed by atoms with E-state index in [0.29, 0.717) is 23.0 Å². The average Bonchev–Trinajstić information content (AvgIpc) is 2.79. The summed E-state index contributed by atoms with van der Waals surface area (Å²) in [6.45, 7) is 4.93. The zero-order valence-electron chi connectivity index (χ0n) is 18.3. The van der Waals surface area contributed by atoms with Gasteiger partial charge in [0.1, 0.15) is 11.5 Å². The minimum Gasteiger partial charge on any atom is -0.457 e. The van der Waals surface area contributed by atoms with Gasteiger partial charge in [0.15, 0.2) is 0 Å². The van der Waals surface area contributed by atoms with E-state index in [9.17, 15) is 13.6 Å². The number of benzene rings is 3. The molecule has 3 aromatic carbocycles. The molecule has 0 unspecified atom stereocenters. The number of hydrogen-bond acceptors (Lipinski definition) is 3. The highest BCUT2D eigenvalue weighted by molar-refractivity contribution is 6.00. The van der Waals surface area contributed by atoms with Crippen LogP contribution >= 0.6 is 0 Å². The van der Waals surface area contributed by atoms with Crippen molar-refractivity contribution in [2.24, 2.45) is 5.92 Å². The van der Waals surface area contributed by atoms with Gasteiger partial charge in [-0.3, -0.25) is 4.79 Å². The second-order valence-electron chi connectivity index (χ2n) is 8.56. The summed E-state index contributed by atoms with van der Waals surface area (Å²) in [4.78, 5) is 12.8. The lowest BCUT2D eigenvalue weighted by Gasteiger charge is -2.28. The van der Waals surface area contributed by atoms with Crippen LogP contribution in [0, 0.1) is 5.92 Å². The van der Waals surface area contributed by atoms with Crippen molar-refractivity contribution in [2.75, 3.05) is 13.1 Å². The minimum atomic E-state index is -2.89. The molecule has 3 aromatic rings. The van der Waals surface area contributed by atoms with Crippen molar-refractivity contribution >= 4 is 16.7 Å². The molecule has 168 valence electrons.